The zero-order valence-electron chi connectivity index (χ0n) is 13.3. The number of fused-ring (bicyclic) bond motifs is 1. The van der Waals surface area contributed by atoms with Gasteiger partial charge in [-0.15, -0.1) is 0 Å². The SMILES string of the molecule is CCN1CCC[C@]2(Cc3cc(-c4ccc(C)o4)cnc3O2)C1. The summed E-state index contributed by atoms with van der Waals surface area (Å²) in [6.45, 7) is 7.46. The van der Waals surface area contributed by atoms with E-state index >= 15 is 0 Å². The highest BCUT2D eigenvalue weighted by Crippen LogP contribution is 2.40. The normalized spacial score (nSPS) is 24.5. The van der Waals surface area contributed by atoms with Gasteiger partial charge in [0.1, 0.15) is 17.1 Å². The standard InChI is InChI=1S/C18H22N2O2/c1-3-20-8-4-7-18(12-20)10-14-9-15(11-19-17(14)22-18)16-6-5-13(2)21-16/h5-6,9,11H,3-4,7-8,10,12H2,1-2H3/t18-/m0/s1. The minimum absolute atomic E-state index is 0.0682. The number of likely N-dealkylation sites (tertiary alicyclic amines) is 1. The number of rotatable bonds is 2. The van der Waals surface area contributed by atoms with Crippen LogP contribution in [-0.4, -0.2) is 35.1 Å². The van der Waals surface area contributed by atoms with Crippen LogP contribution in [-0.2, 0) is 6.42 Å². The second-order valence-electron chi connectivity index (χ2n) is 6.53. The third kappa shape index (κ3) is 2.31. The minimum atomic E-state index is -0.0682. The Morgan fingerprint density at radius 2 is 2.27 bits per heavy atom. The van der Waals surface area contributed by atoms with Gasteiger partial charge in [-0.25, -0.2) is 4.98 Å². The summed E-state index contributed by atoms with van der Waals surface area (Å²) in [5.74, 6) is 2.62. The highest BCUT2D eigenvalue weighted by atomic mass is 16.5. The first-order chi connectivity index (χ1) is 10.7. The molecule has 0 bridgehead atoms. The van der Waals surface area contributed by atoms with E-state index < -0.39 is 0 Å². The Kier molecular flexibility index (Phi) is 3.22. The third-order valence-corrected chi connectivity index (χ3v) is 4.84. The Balaban J connectivity index is 1.61. The second kappa shape index (κ2) is 5.13. The van der Waals surface area contributed by atoms with Crippen molar-refractivity contribution < 1.29 is 9.15 Å². The van der Waals surface area contributed by atoms with E-state index in [2.05, 4.69) is 22.9 Å². The Bertz CT molecular complexity index is 694. The summed E-state index contributed by atoms with van der Waals surface area (Å²) in [6.07, 6.45) is 5.14. The van der Waals surface area contributed by atoms with Crippen molar-refractivity contribution in [3.8, 4) is 17.2 Å². The Labute approximate surface area is 131 Å². The van der Waals surface area contributed by atoms with Gasteiger partial charge in [0.25, 0.3) is 0 Å². The molecule has 116 valence electrons. The molecule has 0 saturated carbocycles. The van der Waals surface area contributed by atoms with Gasteiger partial charge in [0, 0.05) is 30.3 Å². The van der Waals surface area contributed by atoms with Crippen LogP contribution in [0.1, 0.15) is 31.1 Å². The molecule has 22 heavy (non-hydrogen) atoms. The summed E-state index contributed by atoms with van der Waals surface area (Å²) < 4.78 is 12.0. The molecule has 2 aliphatic rings. The van der Waals surface area contributed by atoms with Gasteiger partial charge in [-0.2, -0.15) is 0 Å². The van der Waals surface area contributed by atoms with Crippen LogP contribution < -0.4 is 4.74 Å². The minimum Gasteiger partial charge on any atom is -0.469 e. The summed E-state index contributed by atoms with van der Waals surface area (Å²) in [5, 5.41) is 0. The van der Waals surface area contributed by atoms with Crippen LogP contribution in [0.15, 0.2) is 28.8 Å². The Hall–Kier alpha value is -1.81. The molecule has 4 heterocycles. The number of hydrogen-bond acceptors (Lipinski definition) is 4. The van der Waals surface area contributed by atoms with E-state index in [-0.39, 0.29) is 5.60 Å². The number of nitrogens with zero attached hydrogens (tertiary/aromatic N) is 2. The molecule has 4 heteroatoms. The van der Waals surface area contributed by atoms with Crippen molar-refractivity contribution in [2.24, 2.45) is 0 Å². The van der Waals surface area contributed by atoms with Gasteiger partial charge in [-0.05, 0) is 51.1 Å². The lowest BCUT2D eigenvalue weighted by atomic mass is 9.88. The first-order valence-electron chi connectivity index (χ1n) is 8.15. The maximum Gasteiger partial charge on any atom is 0.217 e. The van der Waals surface area contributed by atoms with Gasteiger partial charge in [-0.1, -0.05) is 6.92 Å². The van der Waals surface area contributed by atoms with Crippen LogP contribution in [0.5, 0.6) is 5.88 Å². The van der Waals surface area contributed by atoms with E-state index in [0.717, 1.165) is 48.9 Å². The summed E-state index contributed by atoms with van der Waals surface area (Å²) in [5.41, 5.74) is 2.18. The van der Waals surface area contributed by atoms with Crippen LogP contribution in [0.3, 0.4) is 0 Å². The number of pyridine rings is 1. The molecule has 4 rings (SSSR count). The fraction of sp³-hybridized carbons (Fsp3) is 0.500. The second-order valence-corrected chi connectivity index (χ2v) is 6.53. The number of ether oxygens (including phenoxy) is 1. The van der Waals surface area contributed by atoms with Gasteiger partial charge < -0.3 is 9.15 Å². The monoisotopic (exact) mass is 298 g/mol. The molecule has 1 atom stereocenters. The van der Waals surface area contributed by atoms with Gasteiger partial charge in [0.15, 0.2) is 0 Å². The molecule has 2 aromatic rings. The predicted molar refractivity (Wildman–Crippen MR) is 85.1 cm³/mol. The maximum atomic E-state index is 6.28. The number of furan rings is 1. The lowest BCUT2D eigenvalue weighted by molar-refractivity contribution is 0.00781. The molecular weight excluding hydrogens is 276 g/mol. The summed E-state index contributed by atoms with van der Waals surface area (Å²) >= 11 is 0. The van der Waals surface area contributed by atoms with Crippen molar-refractivity contribution >= 4 is 0 Å². The van der Waals surface area contributed by atoms with Crippen molar-refractivity contribution in [3.63, 3.8) is 0 Å². The molecule has 4 nitrogen and oxygen atoms in total. The molecule has 0 N–H and O–H groups in total. The Morgan fingerprint density at radius 1 is 1.36 bits per heavy atom. The molecule has 0 amide bonds. The molecular formula is C18H22N2O2. The van der Waals surface area contributed by atoms with Crippen LogP contribution in [0.2, 0.25) is 0 Å². The highest BCUT2D eigenvalue weighted by Gasteiger charge is 2.43. The third-order valence-electron chi connectivity index (χ3n) is 4.84. The zero-order valence-corrected chi connectivity index (χ0v) is 13.3. The molecule has 0 aromatic carbocycles. The van der Waals surface area contributed by atoms with Crippen molar-refractivity contribution in [1.82, 2.24) is 9.88 Å². The smallest absolute Gasteiger partial charge is 0.217 e. The van der Waals surface area contributed by atoms with Crippen LogP contribution in [0.4, 0.5) is 0 Å². The van der Waals surface area contributed by atoms with E-state index in [1.54, 1.807) is 0 Å². The molecule has 0 unspecified atom stereocenters. The van der Waals surface area contributed by atoms with Crippen molar-refractivity contribution in [3.05, 3.63) is 35.7 Å². The first-order valence-corrected chi connectivity index (χ1v) is 8.15. The lowest BCUT2D eigenvalue weighted by Gasteiger charge is -2.38. The summed E-state index contributed by atoms with van der Waals surface area (Å²) in [4.78, 5) is 7.02. The molecule has 1 saturated heterocycles. The number of hydrogen-bond donors (Lipinski definition) is 0. The van der Waals surface area contributed by atoms with Crippen molar-refractivity contribution in [2.45, 2.75) is 38.7 Å². The average Bonchev–Trinajstić information content (AvgIpc) is 3.09. The van der Waals surface area contributed by atoms with Crippen LogP contribution >= 0.6 is 0 Å². The topological polar surface area (TPSA) is 38.5 Å². The molecule has 2 aromatic heterocycles. The van der Waals surface area contributed by atoms with Gasteiger partial charge in [0.2, 0.25) is 5.88 Å². The molecule has 0 aliphatic carbocycles. The molecule has 2 aliphatic heterocycles. The van der Waals surface area contributed by atoms with E-state index in [9.17, 15) is 0 Å². The summed E-state index contributed by atoms with van der Waals surface area (Å²) in [6, 6.07) is 6.17. The maximum absolute atomic E-state index is 6.28. The van der Waals surface area contributed by atoms with E-state index in [0.29, 0.717) is 0 Å². The largest absolute Gasteiger partial charge is 0.469 e. The van der Waals surface area contributed by atoms with Crippen molar-refractivity contribution in [2.75, 3.05) is 19.6 Å². The van der Waals surface area contributed by atoms with E-state index in [4.69, 9.17) is 9.15 Å². The van der Waals surface area contributed by atoms with Gasteiger partial charge >= 0.3 is 0 Å². The lowest BCUT2D eigenvalue weighted by Crippen LogP contribution is -2.51. The predicted octanol–water partition coefficient (Wildman–Crippen LogP) is 3.44. The van der Waals surface area contributed by atoms with Crippen molar-refractivity contribution in [1.29, 1.82) is 0 Å². The quantitative estimate of drug-likeness (QED) is 0.851. The van der Waals surface area contributed by atoms with Crippen LogP contribution in [0, 0.1) is 6.92 Å². The fourth-order valence-electron chi connectivity index (χ4n) is 3.72. The zero-order chi connectivity index (χ0) is 15.2. The molecule has 1 fully saturated rings. The fourth-order valence-corrected chi connectivity index (χ4v) is 3.72. The van der Waals surface area contributed by atoms with Crippen LogP contribution in [0.25, 0.3) is 11.3 Å². The van der Waals surface area contributed by atoms with E-state index in [1.165, 1.54) is 18.5 Å². The Morgan fingerprint density at radius 3 is 3.05 bits per heavy atom. The number of piperidine rings is 1. The number of aromatic nitrogens is 1. The highest BCUT2D eigenvalue weighted by molar-refractivity contribution is 5.59. The molecule has 0 radical (unpaired) electrons. The number of aryl methyl sites for hydroxylation is 1. The van der Waals surface area contributed by atoms with Gasteiger partial charge in [-0.3, -0.25) is 4.90 Å². The van der Waals surface area contributed by atoms with E-state index in [1.807, 2.05) is 25.3 Å². The first kappa shape index (κ1) is 13.8. The number of likely N-dealkylation sites (N-methyl/N-ethyl adjacent to an activating group) is 1. The molecule has 1 spiro atoms. The van der Waals surface area contributed by atoms with Gasteiger partial charge in [0.05, 0.1) is 0 Å². The summed E-state index contributed by atoms with van der Waals surface area (Å²) in [7, 11) is 0. The average molecular weight is 298 g/mol.